The van der Waals surface area contributed by atoms with Crippen molar-refractivity contribution in [2.75, 3.05) is 11.5 Å². The Morgan fingerprint density at radius 2 is 1.74 bits per heavy atom. The number of nitrogen functional groups attached to an aromatic ring is 2. The number of anilines is 2. The van der Waals surface area contributed by atoms with Gasteiger partial charge >= 0.3 is 0 Å². The van der Waals surface area contributed by atoms with Gasteiger partial charge in [0.15, 0.2) is 11.6 Å². The first-order valence-corrected chi connectivity index (χ1v) is 5.65. The van der Waals surface area contributed by atoms with Gasteiger partial charge in [0.25, 0.3) is 0 Å². The molecule has 2 aromatic rings. The molecule has 0 bridgehead atoms. The fraction of sp³-hybridized carbons (Fsp3) is 0. The lowest BCUT2D eigenvalue weighted by Crippen LogP contribution is -1.87. The number of carbonyl (C=O) groups excluding carboxylic acids is 1. The van der Waals surface area contributed by atoms with Gasteiger partial charge in [0, 0.05) is 11.9 Å². The summed E-state index contributed by atoms with van der Waals surface area (Å²) in [6.07, 6.45) is 1.52. The highest BCUT2D eigenvalue weighted by Crippen LogP contribution is 2.23. The highest BCUT2D eigenvalue weighted by atomic mass is 35.5. The Hall–Kier alpha value is -1.98. The van der Waals surface area contributed by atoms with Crippen molar-refractivity contribution >= 4 is 41.5 Å². The van der Waals surface area contributed by atoms with E-state index in [0.29, 0.717) is 15.7 Å². The lowest BCUT2D eigenvalue weighted by molar-refractivity contribution is -0.0979. The van der Waals surface area contributed by atoms with Crippen molar-refractivity contribution in [2.45, 2.75) is 0 Å². The van der Waals surface area contributed by atoms with Crippen LogP contribution in [0.4, 0.5) is 11.5 Å². The number of pyridine rings is 1. The Kier molecular flexibility index (Phi) is 8.08. The summed E-state index contributed by atoms with van der Waals surface area (Å²) in [5.74, 6) is 0.208. The molecule has 0 radical (unpaired) electrons. The smallest absolute Gasteiger partial charge is 0.165 e. The van der Waals surface area contributed by atoms with Crippen LogP contribution in [-0.2, 0) is 4.79 Å². The summed E-state index contributed by atoms with van der Waals surface area (Å²) >= 11 is 11.2. The van der Waals surface area contributed by atoms with E-state index in [9.17, 15) is 0 Å². The molecule has 0 amide bonds. The second kappa shape index (κ2) is 9.02. The molecular formula is C12H13Cl2N3O2. The van der Waals surface area contributed by atoms with Crippen molar-refractivity contribution < 1.29 is 9.90 Å². The normalized spacial score (nSPS) is 8.53. The molecule has 0 spiro atoms. The number of halogens is 2. The zero-order chi connectivity index (χ0) is 14.8. The van der Waals surface area contributed by atoms with Gasteiger partial charge in [0.1, 0.15) is 6.79 Å². The van der Waals surface area contributed by atoms with E-state index in [0.717, 1.165) is 0 Å². The topological polar surface area (TPSA) is 102 Å². The molecule has 0 unspecified atom stereocenters. The van der Waals surface area contributed by atoms with Crippen LogP contribution in [0.3, 0.4) is 0 Å². The number of hydrogen-bond acceptors (Lipinski definition) is 5. The Bertz CT molecular complexity index is 503. The summed E-state index contributed by atoms with van der Waals surface area (Å²) in [4.78, 5) is 11.6. The van der Waals surface area contributed by atoms with Crippen molar-refractivity contribution in [2.24, 2.45) is 0 Å². The number of hydrogen-bond donors (Lipinski definition) is 3. The molecule has 5 nitrogen and oxygen atoms in total. The Balaban J connectivity index is 0.000000303. The van der Waals surface area contributed by atoms with Crippen LogP contribution >= 0.6 is 23.2 Å². The van der Waals surface area contributed by atoms with Crippen LogP contribution in [0.2, 0.25) is 10.0 Å². The molecule has 0 aliphatic heterocycles. The number of nitrogens with two attached hydrogens (primary N) is 2. The number of aromatic hydroxyl groups is 1. The van der Waals surface area contributed by atoms with Gasteiger partial charge < -0.3 is 21.4 Å². The second-order valence-electron chi connectivity index (χ2n) is 3.08. The van der Waals surface area contributed by atoms with E-state index in [1.165, 1.54) is 12.3 Å². The van der Waals surface area contributed by atoms with Gasteiger partial charge in [0.2, 0.25) is 0 Å². The predicted molar refractivity (Wildman–Crippen MR) is 78.3 cm³/mol. The highest BCUT2D eigenvalue weighted by molar-refractivity contribution is 6.42. The molecule has 0 aliphatic rings. The second-order valence-corrected chi connectivity index (χ2v) is 3.90. The van der Waals surface area contributed by atoms with E-state index in [4.69, 9.17) is 44.6 Å². The summed E-state index contributed by atoms with van der Waals surface area (Å²) in [6, 6.07) is 8.09. The summed E-state index contributed by atoms with van der Waals surface area (Å²) in [6.45, 7) is 2.00. The van der Waals surface area contributed by atoms with Gasteiger partial charge in [-0.3, -0.25) is 0 Å². The molecular weight excluding hydrogens is 289 g/mol. The average molecular weight is 302 g/mol. The average Bonchev–Trinajstić information content (AvgIpc) is 2.41. The quantitative estimate of drug-likeness (QED) is 0.649. The van der Waals surface area contributed by atoms with Gasteiger partial charge in [-0.05, 0) is 30.3 Å². The van der Waals surface area contributed by atoms with E-state index in [-0.39, 0.29) is 11.6 Å². The minimum Gasteiger partial charge on any atom is -0.504 e. The minimum absolute atomic E-state index is 0.0347. The Morgan fingerprint density at radius 1 is 1.11 bits per heavy atom. The molecule has 19 heavy (non-hydrogen) atoms. The molecule has 102 valence electrons. The number of benzene rings is 1. The maximum absolute atomic E-state index is 8.73. The minimum atomic E-state index is 0.0347. The summed E-state index contributed by atoms with van der Waals surface area (Å²) in [5, 5.41) is 9.76. The van der Waals surface area contributed by atoms with Crippen LogP contribution in [0.25, 0.3) is 0 Å². The standard InChI is InChI=1S/C6H5Cl2N.C5H6N2O.CH2O/c7-5-2-1-4(9)3-6(5)8;6-5-4(8)2-1-3-7-5;1-2/h1-3H,9H2;1-3,8H,(H2,6,7);1H2. The van der Waals surface area contributed by atoms with Crippen LogP contribution < -0.4 is 11.5 Å². The van der Waals surface area contributed by atoms with E-state index in [1.54, 1.807) is 24.3 Å². The zero-order valence-electron chi connectivity index (χ0n) is 9.88. The molecule has 2 rings (SSSR count). The zero-order valence-corrected chi connectivity index (χ0v) is 11.4. The predicted octanol–water partition coefficient (Wildman–Crippen LogP) is 2.76. The Labute approximate surface area is 120 Å². The molecule has 1 heterocycles. The maximum Gasteiger partial charge on any atom is 0.165 e. The van der Waals surface area contributed by atoms with Crippen LogP contribution in [0.15, 0.2) is 36.5 Å². The number of aromatic nitrogens is 1. The molecule has 1 aromatic carbocycles. The van der Waals surface area contributed by atoms with Gasteiger partial charge in [0.05, 0.1) is 10.0 Å². The Morgan fingerprint density at radius 3 is 2.11 bits per heavy atom. The van der Waals surface area contributed by atoms with Crippen LogP contribution in [0, 0.1) is 0 Å². The summed E-state index contributed by atoms with van der Waals surface area (Å²) < 4.78 is 0. The first kappa shape index (κ1) is 17.0. The maximum atomic E-state index is 8.73. The third-order valence-corrected chi connectivity index (χ3v) is 2.50. The largest absolute Gasteiger partial charge is 0.504 e. The molecule has 1 aromatic heterocycles. The van der Waals surface area contributed by atoms with Crippen LogP contribution in [-0.4, -0.2) is 16.9 Å². The van der Waals surface area contributed by atoms with E-state index < -0.39 is 0 Å². The molecule has 5 N–H and O–H groups in total. The first-order valence-electron chi connectivity index (χ1n) is 4.89. The number of nitrogens with zero attached hydrogens (tertiary/aromatic N) is 1. The van der Waals surface area contributed by atoms with Gasteiger partial charge in [-0.25, -0.2) is 4.98 Å². The third-order valence-electron chi connectivity index (χ3n) is 1.76. The lowest BCUT2D eigenvalue weighted by atomic mass is 10.3. The van der Waals surface area contributed by atoms with Crippen molar-refractivity contribution in [1.29, 1.82) is 0 Å². The molecule has 0 saturated carbocycles. The van der Waals surface area contributed by atoms with Crippen LogP contribution in [0.5, 0.6) is 5.75 Å². The fourth-order valence-corrected chi connectivity index (χ4v) is 1.23. The summed E-state index contributed by atoms with van der Waals surface area (Å²) in [5.41, 5.74) is 11.2. The van der Waals surface area contributed by atoms with Gasteiger partial charge in [-0.15, -0.1) is 0 Å². The third kappa shape index (κ3) is 6.49. The molecule has 0 fully saturated rings. The van der Waals surface area contributed by atoms with Gasteiger partial charge in [-0.2, -0.15) is 0 Å². The molecule has 0 atom stereocenters. The van der Waals surface area contributed by atoms with Crippen molar-refractivity contribution in [3.8, 4) is 5.75 Å². The fourth-order valence-electron chi connectivity index (χ4n) is 0.921. The SMILES string of the molecule is C=O.Nc1ccc(Cl)c(Cl)c1.Nc1ncccc1O. The monoisotopic (exact) mass is 301 g/mol. The highest BCUT2D eigenvalue weighted by Gasteiger charge is 1.94. The van der Waals surface area contributed by atoms with E-state index >= 15 is 0 Å². The van der Waals surface area contributed by atoms with E-state index in [1.807, 2.05) is 6.79 Å². The van der Waals surface area contributed by atoms with Gasteiger partial charge in [-0.1, -0.05) is 23.2 Å². The van der Waals surface area contributed by atoms with Crippen LogP contribution in [0.1, 0.15) is 0 Å². The van der Waals surface area contributed by atoms with E-state index in [2.05, 4.69) is 4.98 Å². The first-order chi connectivity index (χ1) is 9.00. The number of rotatable bonds is 0. The van der Waals surface area contributed by atoms with Crippen molar-refractivity contribution in [1.82, 2.24) is 4.98 Å². The molecule has 7 heteroatoms. The number of carbonyl (C=O) groups is 1. The molecule has 0 saturated heterocycles. The molecule has 0 aliphatic carbocycles. The van der Waals surface area contributed by atoms with Crippen molar-refractivity contribution in [3.63, 3.8) is 0 Å². The lowest BCUT2D eigenvalue weighted by Gasteiger charge is -1.94. The van der Waals surface area contributed by atoms with Crippen molar-refractivity contribution in [3.05, 3.63) is 46.6 Å². The summed E-state index contributed by atoms with van der Waals surface area (Å²) in [7, 11) is 0.